The minimum atomic E-state index is 0.0115. The van der Waals surface area contributed by atoms with Crippen molar-refractivity contribution in [1.82, 2.24) is 4.98 Å². The van der Waals surface area contributed by atoms with Crippen LogP contribution in [0.15, 0.2) is 84.9 Å². The number of benzene rings is 3. The molecule has 0 unspecified atom stereocenters. The van der Waals surface area contributed by atoms with E-state index in [1.54, 1.807) is 16.2 Å². The summed E-state index contributed by atoms with van der Waals surface area (Å²) in [5.74, 6) is 0.0115. The van der Waals surface area contributed by atoms with E-state index >= 15 is 0 Å². The van der Waals surface area contributed by atoms with Crippen molar-refractivity contribution in [2.75, 3.05) is 4.90 Å². The van der Waals surface area contributed by atoms with Crippen molar-refractivity contribution in [3.63, 3.8) is 0 Å². The number of guanidine groups is 1. The average Bonchev–Trinajstić information content (AvgIpc) is 3.04. The summed E-state index contributed by atoms with van der Waals surface area (Å²) in [4.78, 5) is 4.79. The standard InChI is InChI=1S/C13H13N3.C7H5NS2/c14-13(15)16(11-7-3-1-4-8-11)12-9-5-2-6-10-12;9-7-8-5-3-1-2-4-6(5)10-7/h1-10H,(H3,14,15);1-4H,(H,8,9). The van der Waals surface area contributed by atoms with Gasteiger partial charge in [-0.1, -0.05) is 48.5 Å². The molecule has 1 aromatic heterocycles. The number of para-hydroxylation sites is 3. The van der Waals surface area contributed by atoms with E-state index in [0.717, 1.165) is 20.8 Å². The van der Waals surface area contributed by atoms with Crippen molar-refractivity contribution in [3.05, 3.63) is 88.9 Å². The lowest BCUT2D eigenvalue weighted by Gasteiger charge is -2.22. The molecule has 130 valence electrons. The molecular formula is C20H18N4S2. The van der Waals surface area contributed by atoms with Crippen molar-refractivity contribution in [1.29, 1.82) is 5.41 Å². The molecule has 0 radical (unpaired) electrons. The third-order valence-electron chi connectivity index (χ3n) is 3.60. The Labute approximate surface area is 161 Å². The molecule has 4 nitrogen and oxygen atoms in total. The van der Waals surface area contributed by atoms with Gasteiger partial charge >= 0.3 is 0 Å². The van der Waals surface area contributed by atoms with Gasteiger partial charge in [-0.15, -0.1) is 11.3 Å². The maximum Gasteiger partial charge on any atom is 0.197 e. The van der Waals surface area contributed by atoms with Gasteiger partial charge in [0.25, 0.3) is 0 Å². The molecule has 0 bridgehead atoms. The van der Waals surface area contributed by atoms with Gasteiger partial charge in [-0.25, -0.2) is 0 Å². The highest BCUT2D eigenvalue weighted by Gasteiger charge is 2.10. The molecule has 1 heterocycles. The van der Waals surface area contributed by atoms with Crippen molar-refractivity contribution in [3.8, 4) is 0 Å². The molecule has 4 rings (SSSR count). The minimum Gasteiger partial charge on any atom is -0.369 e. The molecule has 0 amide bonds. The van der Waals surface area contributed by atoms with Crippen LogP contribution in [0, 0.1) is 9.36 Å². The number of aromatic nitrogens is 1. The summed E-state index contributed by atoms with van der Waals surface area (Å²) >= 11 is 6.59. The number of hydrogen-bond donors (Lipinski definition) is 3. The first-order valence-electron chi connectivity index (χ1n) is 7.97. The van der Waals surface area contributed by atoms with Gasteiger partial charge in [-0.05, 0) is 48.6 Å². The Morgan fingerprint density at radius 3 is 1.85 bits per heavy atom. The van der Waals surface area contributed by atoms with Gasteiger partial charge in [0.05, 0.1) is 10.2 Å². The van der Waals surface area contributed by atoms with Crippen molar-refractivity contribution in [2.24, 2.45) is 5.73 Å². The molecule has 0 spiro atoms. The van der Waals surface area contributed by atoms with Crippen molar-refractivity contribution >= 4 is 51.1 Å². The number of nitrogens with one attached hydrogen (secondary N) is 2. The molecule has 0 atom stereocenters. The smallest absolute Gasteiger partial charge is 0.197 e. The number of nitrogens with two attached hydrogens (primary N) is 1. The molecule has 0 aliphatic heterocycles. The quantitative estimate of drug-likeness (QED) is 0.239. The van der Waals surface area contributed by atoms with Crippen LogP contribution in [0.1, 0.15) is 0 Å². The summed E-state index contributed by atoms with van der Waals surface area (Å²) in [6.07, 6.45) is 0. The van der Waals surface area contributed by atoms with Crippen LogP contribution in [0.4, 0.5) is 11.4 Å². The molecule has 0 aliphatic carbocycles. The zero-order chi connectivity index (χ0) is 18.4. The predicted octanol–water partition coefficient (Wildman–Crippen LogP) is 5.68. The van der Waals surface area contributed by atoms with Crippen LogP contribution < -0.4 is 10.6 Å². The van der Waals surface area contributed by atoms with Gasteiger partial charge in [0.2, 0.25) is 0 Å². The highest BCUT2D eigenvalue weighted by molar-refractivity contribution is 7.73. The summed E-state index contributed by atoms with van der Waals surface area (Å²) in [7, 11) is 0. The van der Waals surface area contributed by atoms with Crippen LogP contribution in [0.25, 0.3) is 10.2 Å². The van der Waals surface area contributed by atoms with Gasteiger partial charge in [0, 0.05) is 11.4 Å². The van der Waals surface area contributed by atoms with Crippen molar-refractivity contribution in [2.45, 2.75) is 0 Å². The van der Waals surface area contributed by atoms with Gasteiger partial charge in [-0.2, -0.15) is 0 Å². The molecule has 4 aromatic rings. The topological polar surface area (TPSA) is 68.9 Å². The number of rotatable bonds is 2. The highest BCUT2D eigenvalue weighted by Crippen LogP contribution is 2.23. The number of nitrogens with zero attached hydrogens (tertiary/aromatic N) is 1. The summed E-state index contributed by atoms with van der Waals surface area (Å²) in [6.45, 7) is 0. The largest absolute Gasteiger partial charge is 0.369 e. The van der Waals surface area contributed by atoms with E-state index in [4.69, 9.17) is 23.4 Å². The highest BCUT2D eigenvalue weighted by atomic mass is 32.1. The van der Waals surface area contributed by atoms with Crippen LogP contribution in [-0.2, 0) is 0 Å². The predicted molar refractivity (Wildman–Crippen MR) is 114 cm³/mol. The fourth-order valence-electron chi connectivity index (χ4n) is 2.48. The Morgan fingerprint density at radius 2 is 1.35 bits per heavy atom. The summed E-state index contributed by atoms with van der Waals surface area (Å²) in [5.41, 5.74) is 8.53. The maximum atomic E-state index is 7.63. The number of aromatic amines is 1. The maximum absolute atomic E-state index is 7.63. The number of anilines is 2. The Hall–Kier alpha value is -2.96. The lowest BCUT2D eigenvalue weighted by Crippen LogP contribution is -2.32. The fraction of sp³-hybridized carbons (Fsp3) is 0. The van der Waals surface area contributed by atoms with Crippen LogP contribution in [0.5, 0.6) is 0 Å². The number of hydrogen-bond acceptors (Lipinski definition) is 3. The SMILES string of the molecule is N=C(N)N(c1ccccc1)c1ccccc1.S=c1[nH]c2ccccc2s1. The van der Waals surface area contributed by atoms with Gasteiger partial charge in [0.15, 0.2) is 9.91 Å². The van der Waals surface area contributed by atoms with Gasteiger partial charge in [0.1, 0.15) is 0 Å². The zero-order valence-electron chi connectivity index (χ0n) is 13.9. The minimum absolute atomic E-state index is 0.0115. The van der Waals surface area contributed by atoms with Crippen LogP contribution in [-0.4, -0.2) is 10.9 Å². The Bertz CT molecular complexity index is 964. The van der Waals surface area contributed by atoms with E-state index in [2.05, 4.69) is 11.1 Å². The van der Waals surface area contributed by atoms with E-state index in [0.29, 0.717) is 0 Å². The van der Waals surface area contributed by atoms with E-state index in [1.165, 1.54) is 4.70 Å². The molecule has 0 saturated carbocycles. The molecule has 6 heteroatoms. The third kappa shape index (κ3) is 4.36. The third-order valence-corrected chi connectivity index (χ3v) is 4.81. The van der Waals surface area contributed by atoms with E-state index in [9.17, 15) is 0 Å². The second-order valence-corrected chi connectivity index (χ2v) is 7.12. The number of thiazole rings is 1. The fourth-order valence-corrected chi connectivity index (χ4v) is 3.59. The van der Waals surface area contributed by atoms with Crippen LogP contribution in [0.2, 0.25) is 0 Å². The molecule has 0 fully saturated rings. The first-order valence-corrected chi connectivity index (χ1v) is 9.20. The van der Waals surface area contributed by atoms with Gasteiger partial charge in [-0.3, -0.25) is 10.3 Å². The van der Waals surface area contributed by atoms with E-state index in [-0.39, 0.29) is 5.96 Å². The lowest BCUT2D eigenvalue weighted by atomic mass is 10.2. The average molecular weight is 379 g/mol. The Balaban J connectivity index is 0.000000167. The molecule has 4 N–H and O–H groups in total. The second kappa shape index (κ2) is 8.42. The molecule has 26 heavy (non-hydrogen) atoms. The summed E-state index contributed by atoms with van der Waals surface area (Å²) in [6, 6.07) is 27.4. The Kier molecular flexibility index (Phi) is 5.78. The monoisotopic (exact) mass is 378 g/mol. The van der Waals surface area contributed by atoms with Crippen LogP contribution >= 0.6 is 23.6 Å². The summed E-state index contributed by atoms with van der Waals surface area (Å²) < 4.78 is 2.08. The molecule has 0 aliphatic rings. The van der Waals surface area contributed by atoms with Crippen molar-refractivity contribution < 1.29 is 0 Å². The van der Waals surface area contributed by atoms with Crippen LogP contribution in [0.3, 0.4) is 0 Å². The zero-order valence-corrected chi connectivity index (χ0v) is 15.6. The Morgan fingerprint density at radius 1 is 0.846 bits per heavy atom. The first-order chi connectivity index (χ1) is 12.6. The normalized spacial score (nSPS) is 10.0. The molecule has 0 saturated heterocycles. The number of H-pyrrole nitrogens is 1. The van der Waals surface area contributed by atoms with E-state index in [1.807, 2.05) is 78.9 Å². The number of fused-ring (bicyclic) bond motifs is 1. The summed E-state index contributed by atoms with van der Waals surface area (Å²) in [5, 5.41) is 7.63. The second-order valence-electron chi connectivity index (χ2n) is 5.40. The van der Waals surface area contributed by atoms with Gasteiger partial charge < -0.3 is 10.7 Å². The molecule has 3 aromatic carbocycles. The van der Waals surface area contributed by atoms with E-state index < -0.39 is 0 Å². The molecular weight excluding hydrogens is 360 g/mol. The lowest BCUT2D eigenvalue weighted by molar-refractivity contribution is 1.26. The first kappa shape index (κ1) is 17.8.